The van der Waals surface area contributed by atoms with E-state index in [1.54, 1.807) is 0 Å². The van der Waals surface area contributed by atoms with Crippen molar-refractivity contribution in [3.63, 3.8) is 0 Å². The number of hydrogen-bond donors (Lipinski definition) is 0. The number of halogens is 5. The first-order valence-electron chi connectivity index (χ1n) is 5.23. The Morgan fingerprint density at radius 1 is 1.23 bits per heavy atom. The molecule has 1 atom stereocenters. The van der Waals surface area contributed by atoms with Crippen molar-refractivity contribution < 1.29 is 44.5 Å². The van der Waals surface area contributed by atoms with E-state index in [2.05, 4.69) is 4.74 Å². The van der Waals surface area contributed by atoms with Gasteiger partial charge in [-0.2, -0.15) is 22.0 Å². The van der Waals surface area contributed by atoms with E-state index in [1.807, 2.05) is 0 Å². The summed E-state index contributed by atoms with van der Waals surface area (Å²) in [5.41, 5.74) is -0.713. The zero-order chi connectivity index (χ0) is 17.3. The van der Waals surface area contributed by atoms with Crippen molar-refractivity contribution in [1.29, 1.82) is 0 Å². The zero-order valence-electron chi connectivity index (χ0n) is 10.3. The molecule has 2 radical (unpaired) electrons. The molecule has 0 aliphatic rings. The van der Waals surface area contributed by atoms with Gasteiger partial charge in [0.05, 0.1) is 5.56 Å². The second kappa shape index (κ2) is 5.84. The molecule has 0 aliphatic carbocycles. The predicted octanol–water partition coefficient (Wildman–Crippen LogP) is 0.706. The molecule has 0 N–H and O–H groups in total. The highest BCUT2D eigenvalue weighted by atomic mass is 32.2. The largest absolute Gasteiger partial charge is 0.743 e. The number of hydrogen-bond acceptors (Lipinski definition) is 5. The quantitative estimate of drug-likeness (QED) is 0.348. The molecule has 0 saturated carbocycles. The van der Waals surface area contributed by atoms with Crippen LogP contribution in [0.5, 0.6) is 0 Å². The van der Waals surface area contributed by atoms with Crippen LogP contribution in [0.3, 0.4) is 0 Å². The molecule has 0 bridgehead atoms. The lowest BCUT2D eigenvalue weighted by Gasteiger charge is -2.29. The highest BCUT2D eigenvalue weighted by molar-refractivity contribution is 7.86. The Kier molecular flexibility index (Phi) is 4.87. The molecule has 1 aromatic rings. The molecule has 0 saturated heterocycles. The lowest BCUT2D eigenvalue weighted by atomic mass is 9.94. The van der Waals surface area contributed by atoms with Crippen LogP contribution in [0.2, 0.25) is 0 Å². The fourth-order valence-electron chi connectivity index (χ4n) is 1.30. The minimum Gasteiger partial charge on any atom is -0.743 e. The van der Waals surface area contributed by atoms with Gasteiger partial charge in [-0.05, 0) is 6.07 Å². The van der Waals surface area contributed by atoms with E-state index < -0.39 is 39.2 Å². The summed E-state index contributed by atoms with van der Waals surface area (Å²) in [6, 6.07) is 4.08. The van der Waals surface area contributed by atoms with Gasteiger partial charge in [0, 0.05) is 0 Å². The maximum atomic E-state index is 13.1. The van der Waals surface area contributed by atoms with E-state index >= 15 is 0 Å². The molecule has 0 fully saturated rings. The molecule has 0 spiro atoms. The van der Waals surface area contributed by atoms with Gasteiger partial charge < -0.3 is 9.29 Å². The lowest BCUT2D eigenvalue weighted by molar-refractivity contribution is -0.248. The summed E-state index contributed by atoms with van der Waals surface area (Å²) in [4.78, 5) is 11.4. The Bertz CT molecular complexity index is 673. The Morgan fingerprint density at radius 2 is 1.77 bits per heavy atom. The van der Waals surface area contributed by atoms with Crippen molar-refractivity contribution in [3.05, 3.63) is 29.8 Å². The first-order valence-corrected chi connectivity index (χ1v) is 6.64. The smallest absolute Gasteiger partial charge is 0.432 e. The van der Waals surface area contributed by atoms with Gasteiger partial charge in [-0.25, -0.2) is 13.2 Å². The summed E-state index contributed by atoms with van der Waals surface area (Å²) in [5.74, 6) is -1.92. The van der Waals surface area contributed by atoms with Gasteiger partial charge >= 0.3 is 17.4 Å². The van der Waals surface area contributed by atoms with Crippen molar-refractivity contribution >= 4 is 29.4 Å². The average Bonchev–Trinajstić information content (AvgIpc) is 2.32. The van der Waals surface area contributed by atoms with Crippen LogP contribution in [0.25, 0.3) is 0 Å². The Hall–Kier alpha value is -1.69. The molecular weight excluding hydrogens is 338 g/mol. The highest BCUT2D eigenvalue weighted by Crippen LogP contribution is 2.38. The van der Waals surface area contributed by atoms with Crippen molar-refractivity contribution in [2.24, 2.45) is 0 Å². The van der Waals surface area contributed by atoms with Crippen LogP contribution in [0.1, 0.15) is 10.4 Å². The number of carbonyl (C=O) groups is 1. The van der Waals surface area contributed by atoms with Gasteiger partial charge in [-0.3, -0.25) is 0 Å². The third kappa shape index (κ3) is 3.94. The van der Waals surface area contributed by atoms with Crippen molar-refractivity contribution in [1.82, 2.24) is 0 Å². The molecule has 5 nitrogen and oxygen atoms in total. The van der Waals surface area contributed by atoms with E-state index in [0.717, 1.165) is 18.2 Å². The molecule has 1 aromatic carbocycles. The fourth-order valence-corrected chi connectivity index (χ4v) is 1.74. The standard InChI is InChI=1S/C10H6BF5O5S/c11-6-3-1-2-5(4-6)7(17)21-8(9(12,13)14)10(15,16)22(18,19)20/h1-4,8H,(H,18,19,20)/p-1. The van der Waals surface area contributed by atoms with E-state index in [0.29, 0.717) is 0 Å². The fraction of sp³-hybridized carbons (Fsp3) is 0.300. The summed E-state index contributed by atoms with van der Waals surface area (Å²) in [6.45, 7) is 0. The Labute approximate surface area is 122 Å². The van der Waals surface area contributed by atoms with Gasteiger partial charge in [-0.15, -0.1) is 0 Å². The monoisotopic (exact) mass is 343 g/mol. The molecule has 1 unspecified atom stereocenters. The maximum absolute atomic E-state index is 13.1. The predicted molar refractivity (Wildman–Crippen MR) is 61.7 cm³/mol. The molecule has 0 aromatic heterocycles. The molecule has 120 valence electrons. The maximum Gasteiger partial charge on any atom is 0.432 e. The minimum atomic E-state index is -6.73. The number of benzene rings is 1. The van der Waals surface area contributed by atoms with Gasteiger partial charge in [-0.1, -0.05) is 23.7 Å². The van der Waals surface area contributed by atoms with E-state index in [-0.39, 0.29) is 5.46 Å². The van der Waals surface area contributed by atoms with Crippen LogP contribution in [0, 0.1) is 0 Å². The van der Waals surface area contributed by atoms with E-state index in [4.69, 9.17) is 7.85 Å². The number of alkyl halides is 5. The second-order valence-corrected chi connectivity index (χ2v) is 5.42. The first-order chi connectivity index (χ1) is 9.76. The van der Waals surface area contributed by atoms with Crippen LogP contribution in [0.15, 0.2) is 24.3 Å². The van der Waals surface area contributed by atoms with Crippen LogP contribution in [-0.4, -0.2) is 44.3 Å². The Balaban J connectivity index is 3.19. The van der Waals surface area contributed by atoms with Gasteiger partial charge in [0.25, 0.3) is 6.10 Å². The molecule has 0 heterocycles. The summed E-state index contributed by atoms with van der Waals surface area (Å²) in [7, 11) is -1.48. The normalized spacial score (nSPS) is 14.5. The van der Waals surface area contributed by atoms with Crippen molar-refractivity contribution in [2.75, 3.05) is 0 Å². The van der Waals surface area contributed by atoms with Crippen LogP contribution in [-0.2, 0) is 14.9 Å². The van der Waals surface area contributed by atoms with Gasteiger partial charge in [0.15, 0.2) is 10.1 Å². The molecule has 0 amide bonds. The second-order valence-electron chi connectivity index (χ2n) is 3.97. The van der Waals surface area contributed by atoms with Crippen molar-refractivity contribution in [2.45, 2.75) is 17.5 Å². The summed E-state index contributed by atoms with van der Waals surface area (Å²) >= 11 is 0. The number of ether oxygens (including phenoxy) is 1. The molecule has 0 aliphatic heterocycles. The molecular formula is C10H5BF5O5S-. The molecule has 1 rings (SSSR count). The van der Waals surface area contributed by atoms with Gasteiger partial charge in [0.1, 0.15) is 7.85 Å². The first kappa shape index (κ1) is 18.4. The van der Waals surface area contributed by atoms with Crippen molar-refractivity contribution in [3.8, 4) is 0 Å². The summed E-state index contributed by atoms with van der Waals surface area (Å²) in [6.07, 6.45) is -10.4. The zero-order valence-corrected chi connectivity index (χ0v) is 11.1. The molecule has 12 heteroatoms. The number of rotatable bonds is 4. The van der Waals surface area contributed by atoms with Gasteiger partial charge in [0.2, 0.25) is 0 Å². The van der Waals surface area contributed by atoms with Crippen LogP contribution < -0.4 is 5.46 Å². The highest BCUT2D eigenvalue weighted by Gasteiger charge is 2.62. The van der Waals surface area contributed by atoms with E-state index in [9.17, 15) is 39.7 Å². The number of carbonyl (C=O) groups excluding carboxylic acids is 1. The average molecular weight is 343 g/mol. The Morgan fingerprint density at radius 3 is 2.18 bits per heavy atom. The third-order valence-electron chi connectivity index (χ3n) is 2.28. The SMILES string of the molecule is [B]c1cccc(C(=O)OC(C(F)(F)F)C(F)(F)S(=O)(=O)[O-])c1. The summed E-state index contributed by atoms with van der Waals surface area (Å²) < 4.78 is 98.2. The van der Waals surface area contributed by atoms with E-state index in [1.165, 1.54) is 6.07 Å². The topological polar surface area (TPSA) is 83.5 Å². The molecule has 22 heavy (non-hydrogen) atoms. The summed E-state index contributed by atoms with van der Waals surface area (Å²) in [5, 5.41) is -5.89. The third-order valence-corrected chi connectivity index (χ3v) is 3.16. The van der Waals surface area contributed by atoms with Crippen LogP contribution in [0.4, 0.5) is 22.0 Å². The number of esters is 1. The minimum absolute atomic E-state index is 0.0822. The van der Waals surface area contributed by atoms with Crippen LogP contribution >= 0.6 is 0 Å². The lowest BCUT2D eigenvalue weighted by Crippen LogP contribution is -2.52.